The molecular weight excluding hydrogens is 312 g/mol. The molecule has 0 atom stereocenters. The first-order chi connectivity index (χ1) is 12.2. The van der Waals surface area contributed by atoms with Gasteiger partial charge in [0.05, 0.1) is 11.2 Å². The Hall–Kier alpha value is -2.24. The molecule has 0 unspecified atom stereocenters. The summed E-state index contributed by atoms with van der Waals surface area (Å²) >= 11 is 0. The normalized spacial score (nSPS) is 16.6. The Morgan fingerprint density at radius 3 is 2.40 bits per heavy atom. The van der Waals surface area contributed by atoms with Crippen molar-refractivity contribution in [2.75, 3.05) is 26.2 Å². The fourth-order valence-electron chi connectivity index (χ4n) is 3.59. The maximum atomic E-state index is 5.28. The van der Waals surface area contributed by atoms with Crippen LogP contribution in [0.25, 0.3) is 10.9 Å². The summed E-state index contributed by atoms with van der Waals surface area (Å²) in [6, 6.07) is 10.6. The van der Waals surface area contributed by atoms with Gasteiger partial charge in [-0.3, -0.25) is 14.8 Å². The van der Waals surface area contributed by atoms with Gasteiger partial charge in [-0.1, -0.05) is 29.4 Å². The van der Waals surface area contributed by atoms with E-state index in [9.17, 15) is 0 Å². The molecule has 3 heterocycles. The van der Waals surface area contributed by atoms with Crippen LogP contribution >= 0.6 is 0 Å². The van der Waals surface area contributed by atoms with Gasteiger partial charge in [0.2, 0.25) is 0 Å². The zero-order valence-corrected chi connectivity index (χ0v) is 14.9. The standard InChI is InChI=1S/C20H24N4O/c1-15-19(16(2)25-22-15)14-24-11-9-23(10-12-24)13-18-6-3-5-17-7-4-8-21-20(17)18/h3-8H,9-14H2,1-2H3. The van der Waals surface area contributed by atoms with Crippen LogP contribution in [-0.2, 0) is 13.1 Å². The molecule has 4 rings (SSSR count). The predicted octanol–water partition coefficient (Wildman–Crippen LogP) is 3.16. The molecule has 1 fully saturated rings. The first-order valence-electron chi connectivity index (χ1n) is 8.90. The van der Waals surface area contributed by atoms with Gasteiger partial charge in [0.15, 0.2) is 0 Å². The number of fused-ring (bicyclic) bond motifs is 1. The third kappa shape index (κ3) is 3.43. The third-order valence-electron chi connectivity index (χ3n) is 5.14. The van der Waals surface area contributed by atoms with Crippen LogP contribution in [0, 0.1) is 13.8 Å². The molecule has 0 amide bonds. The topological polar surface area (TPSA) is 45.4 Å². The molecule has 0 spiro atoms. The van der Waals surface area contributed by atoms with E-state index in [4.69, 9.17) is 4.52 Å². The van der Waals surface area contributed by atoms with Crippen molar-refractivity contribution in [1.29, 1.82) is 0 Å². The van der Waals surface area contributed by atoms with Gasteiger partial charge in [0.25, 0.3) is 0 Å². The van der Waals surface area contributed by atoms with Crippen LogP contribution in [0.2, 0.25) is 0 Å². The zero-order chi connectivity index (χ0) is 17.2. The zero-order valence-electron chi connectivity index (χ0n) is 14.9. The number of hydrogen-bond acceptors (Lipinski definition) is 5. The van der Waals surface area contributed by atoms with Gasteiger partial charge < -0.3 is 4.52 Å². The van der Waals surface area contributed by atoms with Crippen LogP contribution < -0.4 is 0 Å². The molecule has 25 heavy (non-hydrogen) atoms. The lowest BCUT2D eigenvalue weighted by atomic mass is 10.1. The van der Waals surface area contributed by atoms with E-state index in [0.717, 1.165) is 56.2 Å². The molecule has 5 nitrogen and oxygen atoms in total. The minimum atomic E-state index is 0.935. The van der Waals surface area contributed by atoms with Crippen LogP contribution in [0.1, 0.15) is 22.6 Å². The van der Waals surface area contributed by atoms with E-state index < -0.39 is 0 Å². The maximum absolute atomic E-state index is 5.28. The molecule has 0 saturated carbocycles. The van der Waals surface area contributed by atoms with Crippen LogP contribution in [0.3, 0.4) is 0 Å². The van der Waals surface area contributed by atoms with Crippen molar-refractivity contribution < 1.29 is 4.52 Å². The summed E-state index contributed by atoms with van der Waals surface area (Å²) in [5.74, 6) is 0.946. The highest BCUT2D eigenvalue weighted by Gasteiger charge is 2.20. The molecule has 1 aliphatic rings. The predicted molar refractivity (Wildman–Crippen MR) is 98.3 cm³/mol. The lowest BCUT2D eigenvalue weighted by Crippen LogP contribution is -2.45. The van der Waals surface area contributed by atoms with Gasteiger partial charge in [-0.15, -0.1) is 0 Å². The Labute approximate surface area is 148 Å². The summed E-state index contributed by atoms with van der Waals surface area (Å²) in [7, 11) is 0. The summed E-state index contributed by atoms with van der Waals surface area (Å²) in [5, 5.41) is 5.28. The van der Waals surface area contributed by atoms with Gasteiger partial charge in [0, 0.05) is 56.4 Å². The average molecular weight is 336 g/mol. The molecule has 1 aromatic carbocycles. The highest BCUT2D eigenvalue weighted by molar-refractivity contribution is 5.81. The van der Waals surface area contributed by atoms with Crippen LogP contribution in [0.15, 0.2) is 41.1 Å². The van der Waals surface area contributed by atoms with Crippen molar-refractivity contribution in [2.24, 2.45) is 0 Å². The molecule has 1 aliphatic heterocycles. The molecule has 0 bridgehead atoms. The quantitative estimate of drug-likeness (QED) is 0.732. The van der Waals surface area contributed by atoms with E-state index in [-0.39, 0.29) is 0 Å². The smallest absolute Gasteiger partial charge is 0.138 e. The number of aryl methyl sites for hydroxylation is 2. The Balaban J connectivity index is 1.39. The number of hydrogen-bond donors (Lipinski definition) is 0. The Morgan fingerprint density at radius 1 is 0.960 bits per heavy atom. The molecule has 0 N–H and O–H groups in total. The highest BCUT2D eigenvalue weighted by Crippen LogP contribution is 2.20. The van der Waals surface area contributed by atoms with Gasteiger partial charge in [-0.25, -0.2) is 0 Å². The van der Waals surface area contributed by atoms with E-state index in [1.807, 2.05) is 26.1 Å². The summed E-state index contributed by atoms with van der Waals surface area (Å²) in [4.78, 5) is 9.59. The minimum absolute atomic E-state index is 0.935. The highest BCUT2D eigenvalue weighted by atomic mass is 16.5. The molecule has 2 aromatic heterocycles. The van der Waals surface area contributed by atoms with Crippen molar-refractivity contribution in [1.82, 2.24) is 19.9 Å². The van der Waals surface area contributed by atoms with Gasteiger partial charge in [-0.2, -0.15) is 0 Å². The van der Waals surface area contributed by atoms with E-state index >= 15 is 0 Å². The second-order valence-corrected chi connectivity index (χ2v) is 6.85. The van der Waals surface area contributed by atoms with E-state index in [2.05, 4.69) is 44.2 Å². The molecular formula is C20H24N4O. The number of benzene rings is 1. The average Bonchev–Trinajstić information content (AvgIpc) is 2.96. The van der Waals surface area contributed by atoms with Crippen LogP contribution in [0.4, 0.5) is 0 Å². The van der Waals surface area contributed by atoms with Crippen molar-refractivity contribution in [3.63, 3.8) is 0 Å². The largest absolute Gasteiger partial charge is 0.361 e. The number of nitrogens with zero attached hydrogens (tertiary/aromatic N) is 4. The summed E-state index contributed by atoms with van der Waals surface area (Å²) in [6.07, 6.45) is 1.88. The lowest BCUT2D eigenvalue weighted by Gasteiger charge is -2.34. The van der Waals surface area contributed by atoms with Crippen molar-refractivity contribution in [2.45, 2.75) is 26.9 Å². The molecule has 0 radical (unpaired) electrons. The van der Waals surface area contributed by atoms with E-state index in [0.29, 0.717) is 0 Å². The number of aromatic nitrogens is 2. The molecule has 3 aromatic rings. The fourth-order valence-corrected chi connectivity index (χ4v) is 3.59. The number of rotatable bonds is 4. The van der Waals surface area contributed by atoms with Crippen LogP contribution in [0.5, 0.6) is 0 Å². The summed E-state index contributed by atoms with van der Waals surface area (Å²) in [5.41, 5.74) is 4.70. The summed E-state index contributed by atoms with van der Waals surface area (Å²) in [6.45, 7) is 10.2. The number of piperazine rings is 1. The number of pyridine rings is 1. The molecule has 1 saturated heterocycles. The molecule has 5 heteroatoms. The monoisotopic (exact) mass is 336 g/mol. The number of para-hydroxylation sites is 1. The fraction of sp³-hybridized carbons (Fsp3) is 0.400. The second-order valence-electron chi connectivity index (χ2n) is 6.85. The second kappa shape index (κ2) is 6.94. The Kier molecular flexibility index (Phi) is 4.51. The van der Waals surface area contributed by atoms with Crippen LogP contribution in [-0.4, -0.2) is 46.1 Å². The SMILES string of the molecule is Cc1noc(C)c1CN1CCN(Cc2cccc3cccnc23)CC1. The minimum Gasteiger partial charge on any atom is -0.361 e. The molecule has 130 valence electrons. The van der Waals surface area contributed by atoms with Gasteiger partial charge in [-0.05, 0) is 25.5 Å². The Morgan fingerprint density at radius 2 is 1.68 bits per heavy atom. The van der Waals surface area contributed by atoms with Crippen molar-refractivity contribution in [3.05, 3.63) is 59.1 Å². The maximum Gasteiger partial charge on any atom is 0.138 e. The molecule has 0 aliphatic carbocycles. The van der Waals surface area contributed by atoms with Crippen molar-refractivity contribution >= 4 is 10.9 Å². The lowest BCUT2D eigenvalue weighted by molar-refractivity contribution is 0.122. The van der Waals surface area contributed by atoms with E-state index in [1.165, 1.54) is 16.5 Å². The summed E-state index contributed by atoms with van der Waals surface area (Å²) < 4.78 is 5.28. The Bertz CT molecular complexity index is 840. The first-order valence-corrected chi connectivity index (χ1v) is 8.90. The van der Waals surface area contributed by atoms with Gasteiger partial charge in [0.1, 0.15) is 5.76 Å². The van der Waals surface area contributed by atoms with Crippen molar-refractivity contribution in [3.8, 4) is 0 Å². The first kappa shape index (κ1) is 16.2. The third-order valence-corrected chi connectivity index (χ3v) is 5.14. The van der Waals surface area contributed by atoms with Gasteiger partial charge >= 0.3 is 0 Å². The van der Waals surface area contributed by atoms with E-state index in [1.54, 1.807) is 0 Å².